The van der Waals surface area contributed by atoms with Crippen LogP contribution in [0.4, 0.5) is 24.8 Å². The molecule has 2 aliphatic heterocycles. The Labute approximate surface area is 183 Å². The second-order valence-electron chi connectivity index (χ2n) is 8.56. The molecule has 2 fully saturated rings. The van der Waals surface area contributed by atoms with E-state index in [9.17, 15) is 13.2 Å². The van der Waals surface area contributed by atoms with Crippen molar-refractivity contribution in [2.75, 3.05) is 36.5 Å². The van der Waals surface area contributed by atoms with Crippen LogP contribution < -0.4 is 10.2 Å². The van der Waals surface area contributed by atoms with Gasteiger partial charge in [0, 0.05) is 35.9 Å². The van der Waals surface area contributed by atoms with Crippen LogP contribution in [0.1, 0.15) is 36.3 Å². The van der Waals surface area contributed by atoms with Crippen molar-refractivity contribution in [3.05, 3.63) is 53.2 Å². The van der Waals surface area contributed by atoms with Crippen LogP contribution in [-0.2, 0) is 4.74 Å². The number of halogens is 3. The minimum Gasteiger partial charge on any atom is -0.381 e. The summed E-state index contributed by atoms with van der Waals surface area (Å²) < 4.78 is 46.5. The van der Waals surface area contributed by atoms with Gasteiger partial charge < -0.3 is 15.0 Å². The zero-order valence-corrected chi connectivity index (χ0v) is 17.9. The Bertz CT molecular complexity index is 1150. The first-order valence-electron chi connectivity index (χ1n) is 10.7. The molecule has 9 heteroatoms. The number of fused-ring (bicyclic) bond motifs is 2. The van der Waals surface area contributed by atoms with Gasteiger partial charge >= 0.3 is 0 Å². The van der Waals surface area contributed by atoms with E-state index in [1.54, 1.807) is 20.0 Å². The first kappa shape index (κ1) is 20.9. The van der Waals surface area contributed by atoms with E-state index < -0.39 is 23.8 Å². The van der Waals surface area contributed by atoms with Gasteiger partial charge in [-0.3, -0.25) is 0 Å². The smallest absolute Gasteiger partial charge is 0.266 e. The molecule has 0 spiro atoms. The van der Waals surface area contributed by atoms with Crippen LogP contribution in [0.5, 0.6) is 0 Å². The van der Waals surface area contributed by atoms with Crippen LogP contribution in [0.15, 0.2) is 30.5 Å². The fraction of sp³-hybridized carbons (Fsp3) is 0.435. The SMILES string of the molecule is Cc1nc(N[C@H](C)c2cccc(C(F)F)c2F)c2cc(N3C[C@H]4COC[C@H]4C3)ncc2n1. The molecule has 0 unspecified atom stereocenters. The van der Waals surface area contributed by atoms with Crippen molar-refractivity contribution < 1.29 is 17.9 Å². The van der Waals surface area contributed by atoms with E-state index >= 15 is 0 Å². The molecular formula is C23H24F3N5O. The van der Waals surface area contributed by atoms with Crippen LogP contribution in [-0.4, -0.2) is 41.3 Å². The van der Waals surface area contributed by atoms with Crippen molar-refractivity contribution >= 4 is 22.5 Å². The molecule has 0 aliphatic carbocycles. The minimum absolute atomic E-state index is 0.161. The largest absolute Gasteiger partial charge is 0.381 e. The monoisotopic (exact) mass is 443 g/mol. The standard InChI is InChI=1S/C23H24F3N5O/c1-12(16-4-3-5-17(21(16)24)22(25)26)28-23-18-6-20(27-7-19(18)29-13(2)30-23)31-8-14-10-32-11-15(14)9-31/h3-7,12,14-15,22H,8-11H2,1-2H3,(H,28,29,30)/t12-,14-,15+/m1/s1. The number of aryl methyl sites for hydroxylation is 1. The maximum absolute atomic E-state index is 14.7. The van der Waals surface area contributed by atoms with Gasteiger partial charge in [-0.05, 0) is 19.9 Å². The molecule has 3 aromatic rings. The third-order valence-electron chi connectivity index (χ3n) is 6.36. The summed E-state index contributed by atoms with van der Waals surface area (Å²) in [5.74, 6) is 2.03. The predicted octanol–water partition coefficient (Wildman–Crippen LogP) is 4.67. The maximum Gasteiger partial charge on any atom is 0.266 e. The molecule has 0 saturated carbocycles. The van der Waals surface area contributed by atoms with Crippen LogP contribution >= 0.6 is 0 Å². The third-order valence-corrected chi connectivity index (χ3v) is 6.36. The highest BCUT2D eigenvalue weighted by Crippen LogP contribution is 2.34. The number of nitrogens with one attached hydrogen (secondary N) is 1. The number of hydrogen-bond donors (Lipinski definition) is 1. The Hall–Kier alpha value is -2.94. The molecule has 0 amide bonds. The predicted molar refractivity (Wildman–Crippen MR) is 115 cm³/mol. The summed E-state index contributed by atoms with van der Waals surface area (Å²) in [7, 11) is 0. The Morgan fingerprint density at radius 2 is 1.84 bits per heavy atom. The fourth-order valence-corrected chi connectivity index (χ4v) is 4.65. The summed E-state index contributed by atoms with van der Waals surface area (Å²) in [5, 5.41) is 3.96. The van der Waals surface area contributed by atoms with Crippen molar-refractivity contribution in [3.8, 4) is 0 Å². The van der Waals surface area contributed by atoms with Gasteiger partial charge in [0.05, 0.1) is 36.5 Å². The van der Waals surface area contributed by atoms with Crippen molar-refractivity contribution in [2.45, 2.75) is 26.3 Å². The Morgan fingerprint density at radius 1 is 1.12 bits per heavy atom. The number of hydrogen-bond acceptors (Lipinski definition) is 6. The summed E-state index contributed by atoms with van der Waals surface area (Å²) in [6.45, 7) is 6.83. The van der Waals surface area contributed by atoms with Crippen LogP contribution in [0.2, 0.25) is 0 Å². The van der Waals surface area contributed by atoms with E-state index in [1.165, 1.54) is 12.1 Å². The van der Waals surface area contributed by atoms with Crippen LogP contribution in [0.3, 0.4) is 0 Å². The molecule has 4 heterocycles. The average Bonchev–Trinajstić information content (AvgIpc) is 3.35. The van der Waals surface area contributed by atoms with Gasteiger partial charge in [-0.15, -0.1) is 0 Å². The van der Waals surface area contributed by atoms with Gasteiger partial charge in [0.1, 0.15) is 23.3 Å². The summed E-state index contributed by atoms with van der Waals surface area (Å²) in [6, 6.07) is 5.42. The molecule has 168 valence electrons. The number of pyridine rings is 1. The van der Waals surface area contributed by atoms with E-state index in [2.05, 4.69) is 25.2 Å². The molecule has 2 aromatic heterocycles. The first-order chi connectivity index (χ1) is 15.4. The molecule has 6 nitrogen and oxygen atoms in total. The minimum atomic E-state index is -2.87. The van der Waals surface area contributed by atoms with Crippen molar-refractivity contribution in [3.63, 3.8) is 0 Å². The van der Waals surface area contributed by atoms with Crippen molar-refractivity contribution in [1.29, 1.82) is 0 Å². The summed E-state index contributed by atoms with van der Waals surface area (Å²) in [4.78, 5) is 15.8. The van der Waals surface area contributed by atoms with Gasteiger partial charge in [-0.2, -0.15) is 0 Å². The normalized spacial score (nSPS) is 21.4. The van der Waals surface area contributed by atoms with E-state index in [1.807, 2.05) is 6.07 Å². The summed E-state index contributed by atoms with van der Waals surface area (Å²) in [5.41, 5.74) is 0.226. The highest BCUT2D eigenvalue weighted by molar-refractivity contribution is 5.90. The molecular weight excluding hydrogens is 419 g/mol. The number of aromatic nitrogens is 3. The molecule has 32 heavy (non-hydrogen) atoms. The summed E-state index contributed by atoms with van der Waals surface area (Å²) in [6.07, 6.45) is -1.15. The molecule has 3 atom stereocenters. The lowest BCUT2D eigenvalue weighted by Gasteiger charge is -2.21. The van der Waals surface area contributed by atoms with Gasteiger partial charge in [-0.1, -0.05) is 18.2 Å². The summed E-state index contributed by atoms with van der Waals surface area (Å²) >= 11 is 0. The second-order valence-corrected chi connectivity index (χ2v) is 8.56. The number of benzene rings is 1. The third kappa shape index (κ3) is 3.74. The number of nitrogens with zero attached hydrogens (tertiary/aromatic N) is 4. The second kappa shape index (κ2) is 8.20. The van der Waals surface area contributed by atoms with E-state index in [0.29, 0.717) is 29.0 Å². The molecule has 0 bridgehead atoms. The molecule has 2 saturated heterocycles. The number of alkyl halides is 2. The van der Waals surface area contributed by atoms with Crippen LogP contribution in [0.25, 0.3) is 10.9 Å². The molecule has 1 N–H and O–H groups in total. The quantitative estimate of drug-likeness (QED) is 0.619. The lowest BCUT2D eigenvalue weighted by molar-refractivity contribution is 0.146. The highest BCUT2D eigenvalue weighted by Gasteiger charge is 2.37. The molecule has 0 radical (unpaired) electrons. The Kier molecular flexibility index (Phi) is 5.36. The van der Waals surface area contributed by atoms with Gasteiger partial charge in [0.25, 0.3) is 6.43 Å². The zero-order valence-electron chi connectivity index (χ0n) is 17.9. The Morgan fingerprint density at radius 3 is 2.56 bits per heavy atom. The molecule has 1 aromatic carbocycles. The molecule has 2 aliphatic rings. The fourth-order valence-electron chi connectivity index (χ4n) is 4.65. The van der Waals surface area contributed by atoms with E-state index in [-0.39, 0.29) is 5.56 Å². The average molecular weight is 443 g/mol. The van der Waals surface area contributed by atoms with Crippen molar-refractivity contribution in [1.82, 2.24) is 15.0 Å². The maximum atomic E-state index is 14.7. The molecule has 5 rings (SSSR count). The van der Waals surface area contributed by atoms with Gasteiger partial charge in [0.15, 0.2) is 0 Å². The van der Waals surface area contributed by atoms with E-state index in [0.717, 1.165) is 43.6 Å². The van der Waals surface area contributed by atoms with Crippen LogP contribution in [0, 0.1) is 24.6 Å². The topological polar surface area (TPSA) is 63.2 Å². The zero-order chi connectivity index (χ0) is 22.4. The number of anilines is 2. The number of ether oxygens (including phenoxy) is 1. The van der Waals surface area contributed by atoms with Gasteiger partial charge in [0.2, 0.25) is 0 Å². The Balaban J connectivity index is 1.47. The van der Waals surface area contributed by atoms with Crippen molar-refractivity contribution in [2.24, 2.45) is 11.8 Å². The van der Waals surface area contributed by atoms with Gasteiger partial charge in [-0.25, -0.2) is 28.1 Å². The lowest BCUT2D eigenvalue weighted by atomic mass is 10.0. The van der Waals surface area contributed by atoms with E-state index in [4.69, 9.17) is 4.74 Å². The first-order valence-corrected chi connectivity index (χ1v) is 10.7. The lowest BCUT2D eigenvalue weighted by Crippen LogP contribution is -2.23. The number of rotatable bonds is 5. The highest BCUT2D eigenvalue weighted by atomic mass is 19.3.